The van der Waals surface area contributed by atoms with Gasteiger partial charge in [-0.1, -0.05) is 15.9 Å². The van der Waals surface area contributed by atoms with E-state index in [4.69, 9.17) is 0 Å². The van der Waals surface area contributed by atoms with Crippen molar-refractivity contribution in [3.63, 3.8) is 0 Å². The van der Waals surface area contributed by atoms with E-state index < -0.39 is 52.6 Å². The highest BCUT2D eigenvalue weighted by Crippen LogP contribution is 2.40. The molecule has 0 fully saturated rings. The lowest BCUT2D eigenvalue weighted by Gasteiger charge is -2.18. The van der Waals surface area contributed by atoms with Crippen molar-refractivity contribution in [2.75, 3.05) is 5.32 Å². The van der Waals surface area contributed by atoms with Gasteiger partial charge in [0.1, 0.15) is 17.5 Å². The van der Waals surface area contributed by atoms with Gasteiger partial charge in [0.25, 0.3) is 11.8 Å². The number of benzene rings is 3. The van der Waals surface area contributed by atoms with E-state index in [1.807, 2.05) is 0 Å². The number of fused-ring (bicyclic) bond motifs is 1. The summed E-state index contributed by atoms with van der Waals surface area (Å²) >= 11 is 3.17. The minimum absolute atomic E-state index is 0.0311. The molecule has 2 N–H and O–H groups in total. The molecule has 0 bridgehead atoms. The molecule has 3 aromatic rings. The zero-order valence-corrected chi connectivity index (χ0v) is 17.7. The summed E-state index contributed by atoms with van der Waals surface area (Å²) in [5.74, 6) is -4.60. The van der Waals surface area contributed by atoms with Gasteiger partial charge in [0.15, 0.2) is 0 Å². The van der Waals surface area contributed by atoms with Crippen LogP contribution in [-0.2, 0) is 6.18 Å². The predicted octanol–water partition coefficient (Wildman–Crippen LogP) is 5.97. The second-order valence-electron chi connectivity index (χ2n) is 7.17. The van der Waals surface area contributed by atoms with Crippen LogP contribution in [0.4, 0.5) is 32.0 Å². The zero-order chi connectivity index (χ0) is 24.1. The Morgan fingerprint density at radius 2 is 1.70 bits per heavy atom. The van der Waals surface area contributed by atoms with Gasteiger partial charge < -0.3 is 10.6 Å². The smallest absolute Gasteiger partial charge is 0.341 e. The summed E-state index contributed by atoms with van der Waals surface area (Å²) in [4.78, 5) is 25.2. The van der Waals surface area contributed by atoms with Crippen molar-refractivity contribution in [2.24, 2.45) is 0 Å². The number of carbonyl (C=O) groups is 2. The molecule has 0 aliphatic carbocycles. The second-order valence-corrected chi connectivity index (χ2v) is 8.08. The monoisotopic (exact) mass is 528 g/mol. The summed E-state index contributed by atoms with van der Waals surface area (Å²) < 4.78 is 81.3. The lowest BCUT2D eigenvalue weighted by atomic mass is 9.95. The van der Waals surface area contributed by atoms with Crippen LogP contribution in [0.2, 0.25) is 0 Å². The molecule has 4 rings (SSSR count). The van der Waals surface area contributed by atoms with E-state index >= 15 is 0 Å². The molecule has 0 saturated carbocycles. The van der Waals surface area contributed by atoms with Crippen molar-refractivity contribution in [3.05, 3.63) is 98.3 Å². The van der Waals surface area contributed by atoms with E-state index in [1.165, 1.54) is 12.1 Å². The highest BCUT2D eigenvalue weighted by atomic mass is 79.9. The molecule has 0 radical (unpaired) electrons. The summed E-state index contributed by atoms with van der Waals surface area (Å²) in [6, 6.07) is 5.53. The third-order valence-corrected chi connectivity index (χ3v) is 5.42. The maximum Gasteiger partial charge on any atom is 0.416 e. The molecule has 4 nitrogen and oxygen atoms in total. The van der Waals surface area contributed by atoms with Crippen LogP contribution < -0.4 is 10.6 Å². The summed E-state index contributed by atoms with van der Waals surface area (Å²) in [5, 5.41) is 4.84. The van der Waals surface area contributed by atoms with Crippen LogP contribution in [0.15, 0.2) is 53.0 Å². The molecular weight excluding hydrogens is 518 g/mol. The van der Waals surface area contributed by atoms with Crippen LogP contribution >= 0.6 is 15.9 Å². The molecule has 1 aliphatic heterocycles. The Balaban J connectivity index is 1.79. The van der Waals surface area contributed by atoms with Crippen LogP contribution in [0.25, 0.3) is 0 Å². The van der Waals surface area contributed by atoms with Crippen molar-refractivity contribution in [1.82, 2.24) is 5.32 Å². The first kappa shape index (κ1) is 22.8. The summed E-state index contributed by atoms with van der Waals surface area (Å²) in [7, 11) is 0. The molecule has 11 heteroatoms. The van der Waals surface area contributed by atoms with Crippen molar-refractivity contribution < 1.29 is 35.9 Å². The quantitative estimate of drug-likeness (QED) is 0.411. The first-order valence-corrected chi connectivity index (χ1v) is 10.0. The normalized spacial score (nSPS) is 15.2. The molecule has 2 amide bonds. The van der Waals surface area contributed by atoms with E-state index in [0.29, 0.717) is 16.6 Å². The molecule has 3 aromatic carbocycles. The number of carbonyl (C=O) groups excluding carboxylic acids is 2. The van der Waals surface area contributed by atoms with Gasteiger partial charge in [-0.3, -0.25) is 9.59 Å². The number of anilines is 1. The fraction of sp³-hybridized carbons (Fsp3) is 0.0909. The third kappa shape index (κ3) is 4.45. The third-order valence-electron chi connectivity index (χ3n) is 4.96. The lowest BCUT2D eigenvalue weighted by molar-refractivity contribution is -0.137. The molecule has 1 atom stereocenters. The van der Waals surface area contributed by atoms with E-state index in [9.17, 15) is 35.9 Å². The molecule has 170 valence electrons. The number of halogens is 7. The average molecular weight is 529 g/mol. The number of alkyl halides is 3. The predicted molar refractivity (Wildman–Crippen MR) is 109 cm³/mol. The van der Waals surface area contributed by atoms with Crippen LogP contribution in [0.5, 0.6) is 0 Å². The number of rotatable bonds is 3. The number of amides is 2. The van der Waals surface area contributed by atoms with E-state index in [0.717, 1.165) is 18.2 Å². The van der Waals surface area contributed by atoms with Gasteiger partial charge in [-0.2, -0.15) is 13.2 Å². The Labute approximate surface area is 190 Å². The topological polar surface area (TPSA) is 58.2 Å². The van der Waals surface area contributed by atoms with E-state index in [-0.39, 0.29) is 28.4 Å². The molecule has 1 heterocycles. The summed E-state index contributed by atoms with van der Waals surface area (Å²) in [5.41, 5.74) is -2.15. The standard InChI is InChI=1S/C22H11BrF6N2O2/c23-11-6-15-18(19(31-21(15)33)14-8-12(24)1-2-16(14)26)17(7-11)30-20(32)9-3-10(22(27,28)29)5-13(25)4-9/h1-8,19H,(H,30,32)(H,31,33)/t19-/m1/s1. The SMILES string of the molecule is O=C(Nc1cc(Br)cc2c1[C@@H](c1cc(F)ccc1F)NC2=O)c1cc(F)cc(C(F)(F)F)c1. The summed E-state index contributed by atoms with van der Waals surface area (Å²) in [6.07, 6.45) is -4.88. The number of hydrogen-bond donors (Lipinski definition) is 2. The van der Waals surface area contributed by atoms with Gasteiger partial charge in [0.2, 0.25) is 0 Å². The average Bonchev–Trinajstić information content (AvgIpc) is 3.05. The van der Waals surface area contributed by atoms with Crippen molar-refractivity contribution in [1.29, 1.82) is 0 Å². The minimum Gasteiger partial charge on any atom is -0.341 e. The Bertz CT molecular complexity index is 1310. The van der Waals surface area contributed by atoms with Crippen LogP contribution in [0, 0.1) is 17.5 Å². The zero-order valence-electron chi connectivity index (χ0n) is 16.2. The molecule has 1 aliphatic rings. The van der Waals surface area contributed by atoms with Crippen LogP contribution in [0.3, 0.4) is 0 Å². The fourth-order valence-corrected chi connectivity index (χ4v) is 4.01. The highest BCUT2D eigenvalue weighted by molar-refractivity contribution is 9.10. The van der Waals surface area contributed by atoms with Gasteiger partial charge in [-0.05, 0) is 48.5 Å². The summed E-state index contributed by atoms with van der Waals surface area (Å²) in [6.45, 7) is 0. The van der Waals surface area contributed by atoms with Gasteiger partial charge in [0, 0.05) is 32.4 Å². The largest absolute Gasteiger partial charge is 0.416 e. The van der Waals surface area contributed by atoms with Crippen molar-refractivity contribution >= 4 is 33.4 Å². The van der Waals surface area contributed by atoms with Crippen LogP contribution in [0.1, 0.15) is 43.4 Å². The fourth-order valence-electron chi connectivity index (χ4n) is 3.55. The van der Waals surface area contributed by atoms with Crippen molar-refractivity contribution in [2.45, 2.75) is 12.2 Å². The molecule has 0 spiro atoms. The van der Waals surface area contributed by atoms with Crippen LogP contribution in [-0.4, -0.2) is 11.8 Å². The lowest BCUT2D eigenvalue weighted by Crippen LogP contribution is -2.22. The molecule has 0 unspecified atom stereocenters. The Hall–Kier alpha value is -3.34. The second kappa shape index (κ2) is 8.22. The Morgan fingerprint density at radius 1 is 0.970 bits per heavy atom. The van der Waals surface area contributed by atoms with Gasteiger partial charge in [0.05, 0.1) is 11.6 Å². The molecular formula is C22H11BrF6N2O2. The molecule has 0 aromatic heterocycles. The molecule has 0 saturated heterocycles. The number of hydrogen-bond acceptors (Lipinski definition) is 2. The minimum atomic E-state index is -4.88. The van der Waals surface area contributed by atoms with E-state index in [1.54, 1.807) is 0 Å². The van der Waals surface area contributed by atoms with E-state index in [2.05, 4.69) is 26.6 Å². The molecule has 33 heavy (non-hydrogen) atoms. The van der Waals surface area contributed by atoms with Crippen molar-refractivity contribution in [3.8, 4) is 0 Å². The maximum absolute atomic E-state index is 14.4. The Morgan fingerprint density at radius 3 is 2.39 bits per heavy atom. The highest BCUT2D eigenvalue weighted by Gasteiger charge is 2.36. The van der Waals surface area contributed by atoms with Gasteiger partial charge >= 0.3 is 6.18 Å². The number of nitrogens with one attached hydrogen (secondary N) is 2. The maximum atomic E-state index is 14.4. The first-order chi connectivity index (χ1) is 15.4. The van der Waals surface area contributed by atoms with Gasteiger partial charge in [-0.15, -0.1) is 0 Å². The van der Waals surface area contributed by atoms with Gasteiger partial charge in [-0.25, -0.2) is 13.2 Å². The first-order valence-electron chi connectivity index (χ1n) is 9.22. The Kier molecular flexibility index (Phi) is 5.69.